The van der Waals surface area contributed by atoms with E-state index in [0.29, 0.717) is 11.0 Å². The smallest absolute Gasteiger partial charge is 0.254 e. The lowest BCUT2D eigenvalue weighted by Gasteiger charge is -2.44. The number of rotatable bonds is 1. The number of phenols is 2. The molecule has 1 heterocycles. The molecule has 0 unspecified atom stereocenters. The van der Waals surface area contributed by atoms with Gasteiger partial charge >= 0.3 is 0 Å². The fourth-order valence-electron chi connectivity index (χ4n) is 3.89. The summed E-state index contributed by atoms with van der Waals surface area (Å²) in [5, 5.41) is 19.0. The van der Waals surface area contributed by atoms with Gasteiger partial charge in [0, 0.05) is 24.7 Å². The first-order valence-electron chi connectivity index (χ1n) is 7.90. The van der Waals surface area contributed by atoms with Crippen LogP contribution < -0.4 is 0 Å². The maximum Gasteiger partial charge on any atom is 0.254 e. The minimum absolute atomic E-state index is 0.0703. The van der Waals surface area contributed by atoms with Crippen LogP contribution in [0.5, 0.6) is 11.5 Å². The minimum Gasteiger partial charge on any atom is -0.508 e. The molecule has 0 radical (unpaired) electrons. The molecule has 1 spiro atoms. The number of phenolic OH excluding ortho intramolecular Hbond substituents is 2. The molecule has 2 N–H and O–H groups in total. The van der Waals surface area contributed by atoms with Crippen molar-refractivity contribution < 1.29 is 15.0 Å². The summed E-state index contributed by atoms with van der Waals surface area (Å²) in [5.41, 5.74) is 0.836. The van der Waals surface area contributed by atoms with Crippen LogP contribution in [0.1, 0.15) is 55.3 Å². The Hall–Kier alpha value is -1.71. The van der Waals surface area contributed by atoms with Crippen LogP contribution in [0.2, 0.25) is 0 Å². The fraction of sp³-hybridized carbons (Fsp3) is 0.588. The van der Waals surface area contributed by atoms with Gasteiger partial charge in [-0.3, -0.25) is 4.79 Å². The van der Waals surface area contributed by atoms with Crippen molar-refractivity contribution in [3.05, 3.63) is 23.8 Å². The zero-order chi connectivity index (χ0) is 14.9. The zero-order valence-electron chi connectivity index (χ0n) is 12.3. The molecule has 1 aromatic rings. The summed E-state index contributed by atoms with van der Waals surface area (Å²) in [4.78, 5) is 14.3. The largest absolute Gasteiger partial charge is 0.508 e. The van der Waals surface area contributed by atoms with Gasteiger partial charge in [0.25, 0.3) is 5.91 Å². The third-order valence-electron chi connectivity index (χ3n) is 5.18. The van der Waals surface area contributed by atoms with Crippen molar-refractivity contribution in [2.24, 2.45) is 5.41 Å². The summed E-state index contributed by atoms with van der Waals surface area (Å²) in [7, 11) is 0. The van der Waals surface area contributed by atoms with E-state index in [2.05, 4.69) is 0 Å². The predicted molar refractivity (Wildman–Crippen MR) is 80.4 cm³/mol. The van der Waals surface area contributed by atoms with Crippen LogP contribution in [0.4, 0.5) is 0 Å². The molecule has 1 saturated carbocycles. The molecule has 1 aliphatic heterocycles. The van der Waals surface area contributed by atoms with Gasteiger partial charge in [-0.25, -0.2) is 0 Å². The van der Waals surface area contributed by atoms with E-state index in [9.17, 15) is 15.0 Å². The van der Waals surface area contributed by atoms with Crippen LogP contribution in [-0.2, 0) is 0 Å². The highest BCUT2D eigenvalue weighted by Crippen LogP contribution is 2.44. The average molecular weight is 289 g/mol. The number of hydrogen-bond acceptors (Lipinski definition) is 3. The molecule has 1 aliphatic carbocycles. The Morgan fingerprint density at radius 2 is 1.48 bits per heavy atom. The summed E-state index contributed by atoms with van der Waals surface area (Å²) in [5.74, 6) is -0.231. The number of nitrogens with zero attached hydrogens (tertiary/aromatic N) is 1. The van der Waals surface area contributed by atoms with Crippen molar-refractivity contribution in [3.63, 3.8) is 0 Å². The van der Waals surface area contributed by atoms with Crippen LogP contribution in [0, 0.1) is 5.41 Å². The molecule has 1 amide bonds. The molecule has 2 fully saturated rings. The molecule has 0 bridgehead atoms. The van der Waals surface area contributed by atoms with Gasteiger partial charge in [0.1, 0.15) is 11.5 Å². The summed E-state index contributed by atoms with van der Waals surface area (Å²) in [6.07, 6.45) is 8.80. The lowest BCUT2D eigenvalue weighted by atomic mass is 9.68. The van der Waals surface area contributed by atoms with Crippen molar-refractivity contribution in [1.29, 1.82) is 0 Å². The topological polar surface area (TPSA) is 60.8 Å². The van der Waals surface area contributed by atoms with Gasteiger partial charge in [0.05, 0.1) is 0 Å². The van der Waals surface area contributed by atoms with Crippen LogP contribution in [0.15, 0.2) is 18.2 Å². The van der Waals surface area contributed by atoms with Crippen molar-refractivity contribution in [2.45, 2.75) is 44.9 Å². The summed E-state index contributed by atoms with van der Waals surface area (Å²) in [6, 6.07) is 4.09. The quantitative estimate of drug-likeness (QED) is 0.834. The molecule has 1 saturated heterocycles. The molecule has 0 aromatic heterocycles. The third kappa shape index (κ3) is 2.99. The van der Waals surface area contributed by atoms with Crippen molar-refractivity contribution in [3.8, 4) is 11.5 Å². The number of carbonyl (C=O) groups is 1. The van der Waals surface area contributed by atoms with Gasteiger partial charge in [0.15, 0.2) is 0 Å². The second-order valence-corrected chi connectivity index (χ2v) is 6.59. The Bertz CT molecular complexity index is 505. The van der Waals surface area contributed by atoms with Gasteiger partial charge in [0.2, 0.25) is 0 Å². The lowest BCUT2D eigenvalue weighted by molar-refractivity contribution is 0.0471. The highest BCUT2D eigenvalue weighted by atomic mass is 16.3. The third-order valence-corrected chi connectivity index (χ3v) is 5.18. The number of likely N-dealkylation sites (tertiary alicyclic amines) is 1. The molecule has 4 heteroatoms. The standard InChI is InChI=1S/C17H23NO3/c19-14-10-13(11-15(20)12-14)16(21)18-8-6-17(7-9-18)4-2-1-3-5-17/h10-12,19-20H,1-9H2. The van der Waals surface area contributed by atoms with E-state index in [-0.39, 0.29) is 17.4 Å². The molecule has 2 aliphatic rings. The molecular formula is C17H23NO3. The first-order valence-corrected chi connectivity index (χ1v) is 7.90. The normalized spacial score (nSPS) is 21.4. The molecule has 3 rings (SSSR count). The number of amides is 1. The number of carbonyl (C=O) groups excluding carboxylic acids is 1. The predicted octanol–water partition coefficient (Wildman–Crippen LogP) is 3.28. The van der Waals surface area contributed by atoms with E-state index >= 15 is 0 Å². The number of aromatic hydroxyl groups is 2. The number of piperidine rings is 1. The highest BCUT2D eigenvalue weighted by Gasteiger charge is 2.36. The molecule has 114 valence electrons. The lowest BCUT2D eigenvalue weighted by Crippen LogP contribution is -2.43. The maximum atomic E-state index is 12.5. The number of hydrogen-bond donors (Lipinski definition) is 2. The van der Waals surface area contributed by atoms with Gasteiger partial charge in [-0.1, -0.05) is 19.3 Å². The highest BCUT2D eigenvalue weighted by molar-refractivity contribution is 5.95. The van der Waals surface area contributed by atoms with Crippen LogP contribution >= 0.6 is 0 Å². The second kappa shape index (κ2) is 5.58. The minimum atomic E-state index is -0.0909. The Morgan fingerprint density at radius 1 is 0.905 bits per heavy atom. The molecular weight excluding hydrogens is 266 g/mol. The zero-order valence-corrected chi connectivity index (χ0v) is 12.3. The number of benzene rings is 1. The van der Waals surface area contributed by atoms with Crippen molar-refractivity contribution >= 4 is 5.91 Å². The van der Waals surface area contributed by atoms with Crippen molar-refractivity contribution in [1.82, 2.24) is 4.90 Å². The Labute approximate surface area is 125 Å². The van der Waals surface area contributed by atoms with Crippen LogP contribution in [0.3, 0.4) is 0 Å². The summed E-state index contributed by atoms with van der Waals surface area (Å²) >= 11 is 0. The Kier molecular flexibility index (Phi) is 3.79. The SMILES string of the molecule is O=C(c1cc(O)cc(O)c1)N1CCC2(CCCCC2)CC1. The van der Waals surface area contributed by atoms with E-state index < -0.39 is 0 Å². The first-order chi connectivity index (χ1) is 10.1. The van der Waals surface area contributed by atoms with E-state index in [4.69, 9.17) is 0 Å². The molecule has 0 atom stereocenters. The van der Waals surface area contributed by atoms with Gasteiger partial charge in [-0.05, 0) is 43.2 Å². The fourth-order valence-corrected chi connectivity index (χ4v) is 3.89. The first kappa shape index (κ1) is 14.2. The van der Waals surface area contributed by atoms with Gasteiger partial charge in [-0.2, -0.15) is 0 Å². The van der Waals surface area contributed by atoms with E-state index in [0.717, 1.165) is 25.9 Å². The van der Waals surface area contributed by atoms with Crippen molar-refractivity contribution in [2.75, 3.05) is 13.1 Å². The second-order valence-electron chi connectivity index (χ2n) is 6.59. The van der Waals surface area contributed by atoms with Gasteiger partial charge in [-0.15, -0.1) is 0 Å². The average Bonchev–Trinajstić information content (AvgIpc) is 2.47. The van der Waals surface area contributed by atoms with Crippen LogP contribution in [-0.4, -0.2) is 34.1 Å². The molecule has 4 nitrogen and oxygen atoms in total. The maximum absolute atomic E-state index is 12.5. The van der Waals surface area contributed by atoms with Crippen LogP contribution in [0.25, 0.3) is 0 Å². The van der Waals surface area contributed by atoms with E-state index in [1.807, 2.05) is 4.90 Å². The van der Waals surface area contributed by atoms with E-state index in [1.54, 1.807) is 0 Å². The molecule has 21 heavy (non-hydrogen) atoms. The molecule has 1 aromatic carbocycles. The summed E-state index contributed by atoms with van der Waals surface area (Å²) < 4.78 is 0. The van der Waals surface area contributed by atoms with E-state index in [1.165, 1.54) is 50.3 Å². The summed E-state index contributed by atoms with van der Waals surface area (Å²) in [6.45, 7) is 1.57. The monoisotopic (exact) mass is 289 g/mol. The Balaban J connectivity index is 1.67. The van der Waals surface area contributed by atoms with Gasteiger partial charge < -0.3 is 15.1 Å². The Morgan fingerprint density at radius 3 is 2.05 bits per heavy atom.